The van der Waals surface area contributed by atoms with Crippen molar-refractivity contribution in [3.63, 3.8) is 0 Å². The molecule has 62 heavy (non-hydrogen) atoms. The first kappa shape index (κ1) is 49.8. The van der Waals surface area contributed by atoms with E-state index in [2.05, 4.69) is 5.32 Å². The summed E-state index contributed by atoms with van der Waals surface area (Å²) in [6, 6.07) is 8.91. The summed E-state index contributed by atoms with van der Waals surface area (Å²) in [7, 11) is 0. The number of urea groups is 1. The molecule has 3 aromatic carbocycles. The van der Waals surface area contributed by atoms with E-state index in [1.165, 1.54) is 55.6 Å². The van der Waals surface area contributed by atoms with E-state index in [1.807, 2.05) is 0 Å². The SMILES string of the molecule is CC(C)C(C(=O)NC(CC(O)C(CC(=O)COc1c(C(O)(O)O)cccc1C(O)(O)O)C(O)(O)c1ccccc1)C(O)(O)c1ccccc1)N1C(=O)NC(O)(O)C(O)(O)C1(O)O. The molecule has 1 heterocycles. The topological polar surface area (TPSA) is 432 Å². The highest BCUT2D eigenvalue weighted by Crippen LogP contribution is 2.39. The van der Waals surface area contributed by atoms with Crippen molar-refractivity contribution in [3.05, 3.63) is 101 Å². The molecule has 3 aromatic rings. The number of aliphatic hydroxyl groups is 17. The molecule has 1 saturated heterocycles. The van der Waals surface area contributed by atoms with E-state index in [-0.39, 0.29) is 16.0 Å². The number of nitrogens with zero attached hydrogens (tertiary/aromatic N) is 1. The molecule has 0 aliphatic carbocycles. The molecule has 4 atom stereocenters. The number of rotatable bonds is 18. The van der Waals surface area contributed by atoms with Crippen molar-refractivity contribution in [1.82, 2.24) is 15.5 Å². The average molecular weight is 884 g/mol. The van der Waals surface area contributed by atoms with E-state index in [0.29, 0.717) is 0 Å². The van der Waals surface area contributed by atoms with Gasteiger partial charge in [0.15, 0.2) is 11.6 Å². The van der Waals surface area contributed by atoms with Crippen LogP contribution >= 0.6 is 0 Å². The minimum absolute atomic E-state index is 0.306. The highest BCUT2D eigenvalue weighted by Gasteiger charge is 2.72. The lowest BCUT2D eigenvalue weighted by Crippen LogP contribution is -2.86. The van der Waals surface area contributed by atoms with Crippen molar-refractivity contribution in [2.24, 2.45) is 11.8 Å². The van der Waals surface area contributed by atoms with Crippen LogP contribution in [0.2, 0.25) is 0 Å². The molecule has 0 aromatic heterocycles. The van der Waals surface area contributed by atoms with Crippen LogP contribution in [0.25, 0.3) is 0 Å². The van der Waals surface area contributed by atoms with E-state index in [4.69, 9.17) is 4.74 Å². The fraction of sp³-hybridized carbons (Fsp3) is 0.447. The highest BCUT2D eigenvalue weighted by atomic mass is 16.7. The van der Waals surface area contributed by atoms with Gasteiger partial charge >= 0.3 is 35.6 Å². The van der Waals surface area contributed by atoms with Gasteiger partial charge in [-0.15, -0.1) is 0 Å². The summed E-state index contributed by atoms with van der Waals surface area (Å²) < 4.78 is 5.25. The van der Waals surface area contributed by atoms with Gasteiger partial charge in [0.1, 0.15) is 18.4 Å². The van der Waals surface area contributed by atoms with Crippen LogP contribution in [0.3, 0.4) is 0 Å². The van der Waals surface area contributed by atoms with Gasteiger partial charge in [-0.2, -0.15) is 0 Å². The van der Waals surface area contributed by atoms with Gasteiger partial charge in [-0.1, -0.05) is 80.6 Å². The van der Waals surface area contributed by atoms with E-state index in [0.717, 1.165) is 42.5 Å². The largest absolute Gasteiger partial charge is 0.485 e. The Morgan fingerprint density at radius 3 is 1.65 bits per heavy atom. The zero-order valence-corrected chi connectivity index (χ0v) is 32.7. The lowest BCUT2D eigenvalue weighted by molar-refractivity contribution is -0.496. The predicted octanol–water partition coefficient (Wildman–Crippen LogP) is -6.27. The minimum Gasteiger partial charge on any atom is -0.485 e. The van der Waals surface area contributed by atoms with Gasteiger partial charge < -0.3 is 96.9 Å². The Morgan fingerprint density at radius 2 is 1.19 bits per heavy atom. The van der Waals surface area contributed by atoms with Crippen molar-refractivity contribution in [2.45, 2.75) is 86.0 Å². The smallest absolute Gasteiger partial charge is 0.326 e. The van der Waals surface area contributed by atoms with Crippen molar-refractivity contribution in [2.75, 3.05) is 6.61 Å². The number of ketones is 1. The Balaban J connectivity index is 1.77. The maximum atomic E-state index is 14.1. The van der Waals surface area contributed by atoms with E-state index < -0.39 is 125 Å². The number of carbonyl (C=O) groups excluding carboxylic acids is 3. The minimum atomic E-state index is -4.43. The normalized spacial score (nSPS) is 18.6. The second kappa shape index (κ2) is 17.8. The van der Waals surface area contributed by atoms with E-state index in [1.54, 1.807) is 0 Å². The molecule has 1 aliphatic rings. The van der Waals surface area contributed by atoms with Gasteiger partial charge in [-0.25, -0.2) is 4.79 Å². The number of nitrogens with one attached hydrogen (secondary N) is 2. The summed E-state index contributed by atoms with van der Waals surface area (Å²) in [6.45, 7) is 1.13. The van der Waals surface area contributed by atoms with Crippen LogP contribution in [0.15, 0.2) is 78.9 Å². The molecule has 19 N–H and O–H groups in total. The molecular weight excluding hydrogens is 834 g/mol. The Bertz CT molecular complexity index is 2020. The zero-order chi connectivity index (χ0) is 47.0. The third-order valence-electron chi connectivity index (χ3n) is 10.2. The molecule has 24 heteroatoms. The molecule has 0 radical (unpaired) electrons. The Hall–Kier alpha value is -4.81. The summed E-state index contributed by atoms with van der Waals surface area (Å²) in [5.41, 5.74) is -2.77. The lowest BCUT2D eigenvalue weighted by Gasteiger charge is -2.53. The fourth-order valence-electron chi connectivity index (χ4n) is 6.87. The summed E-state index contributed by atoms with van der Waals surface area (Å²) in [5, 5.41) is 183. The first-order chi connectivity index (χ1) is 28.3. The summed E-state index contributed by atoms with van der Waals surface area (Å²) in [5.74, 6) is -34.1. The van der Waals surface area contributed by atoms with Crippen molar-refractivity contribution < 1.29 is 106 Å². The van der Waals surface area contributed by atoms with Crippen molar-refractivity contribution >= 4 is 17.7 Å². The van der Waals surface area contributed by atoms with Crippen molar-refractivity contribution in [3.8, 4) is 5.75 Å². The van der Waals surface area contributed by atoms with Gasteiger partial charge in [0.2, 0.25) is 11.7 Å². The van der Waals surface area contributed by atoms with Crippen LogP contribution in [0, 0.1) is 11.8 Å². The molecule has 0 saturated carbocycles. The number of ether oxygens (including phenoxy) is 1. The molecule has 3 amide bonds. The van der Waals surface area contributed by atoms with Crippen LogP contribution in [0.1, 0.15) is 48.9 Å². The lowest BCUT2D eigenvalue weighted by atomic mass is 9.80. The number of para-hydroxylation sites is 1. The quantitative estimate of drug-likeness (QED) is 0.0528. The number of Topliss-reactive ketones (excluding diaryl/α,β-unsaturated/α-hetero) is 1. The number of benzene rings is 3. The Morgan fingerprint density at radius 1 is 0.726 bits per heavy atom. The molecule has 342 valence electrons. The molecule has 4 unspecified atom stereocenters. The number of aliphatic hydroxyl groups excluding tert-OH is 1. The van der Waals surface area contributed by atoms with E-state index >= 15 is 0 Å². The van der Waals surface area contributed by atoms with Gasteiger partial charge in [0.05, 0.1) is 29.2 Å². The monoisotopic (exact) mass is 883 g/mol. The number of carbonyl (C=O) groups is 3. The maximum Gasteiger partial charge on any atom is 0.326 e. The summed E-state index contributed by atoms with van der Waals surface area (Å²) in [4.78, 5) is 40.4. The number of amides is 3. The molecule has 0 spiro atoms. The standard InChI is InChI=1S/C38H49N3O21/c1-19(2)28(41-31(45)40-37(58,59)36(56,57)38(41,60)61)30(44)39-27(33(48,49)21-12-7-4-8-13-21)17-26(43)25(32(46,47)20-10-5-3-6-11-20)16-22(42)18-62-29-23(34(50,51)52)14-9-15-24(29)35(53,54)55/h3-15,19,25-28,43,46-61H,16-18H2,1-2H3,(H,39,44)(H,40,45). The average Bonchev–Trinajstić information content (AvgIpc) is 3.16. The first-order valence-corrected chi connectivity index (χ1v) is 18.4. The van der Waals surface area contributed by atoms with Gasteiger partial charge in [-0.05, 0) is 24.5 Å². The zero-order valence-electron chi connectivity index (χ0n) is 32.7. The fourth-order valence-corrected chi connectivity index (χ4v) is 6.87. The van der Waals surface area contributed by atoms with Crippen LogP contribution in [-0.2, 0) is 33.1 Å². The van der Waals surface area contributed by atoms with Gasteiger partial charge in [0, 0.05) is 17.5 Å². The van der Waals surface area contributed by atoms with Gasteiger partial charge in [0.25, 0.3) is 0 Å². The highest BCUT2D eigenvalue weighted by molar-refractivity contribution is 5.88. The van der Waals surface area contributed by atoms with Crippen molar-refractivity contribution in [1.29, 1.82) is 0 Å². The molecule has 1 aliphatic heterocycles. The van der Waals surface area contributed by atoms with Crippen LogP contribution in [-0.4, -0.2) is 152 Å². The molecule has 1 fully saturated rings. The molecule has 4 rings (SSSR count). The number of hydrogen-bond donors (Lipinski definition) is 19. The third-order valence-corrected chi connectivity index (χ3v) is 10.2. The van der Waals surface area contributed by atoms with Crippen LogP contribution < -0.4 is 15.4 Å². The maximum absolute atomic E-state index is 14.1. The summed E-state index contributed by atoms with van der Waals surface area (Å²) in [6.07, 6.45) is -4.65. The second-order valence-corrected chi connectivity index (χ2v) is 15.1. The Kier molecular flexibility index (Phi) is 14.3. The predicted molar refractivity (Wildman–Crippen MR) is 200 cm³/mol. The summed E-state index contributed by atoms with van der Waals surface area (Å²) >= 11 is 0. The molecular formula is C38H49N3O21. The Labute approximate surface area is 350 Å². The van der Waals surface area contributed by atoms with Crippen LogP contribution in [0.4, 0.5) is 4.79 Å². The number of hydrogen-bond acceptors (Lipinski definition) is 21. The van der Waals surface area contributed by atoms with Gasteiger partial charge in [-0.3, -0.25) is 19.8 Å². The molecule has 24 nitrogen and oxygen atoms in total. The third kappa shape index (κ3) is 10.0. The van der Waals surface area contributed by atoms with E-state index in [9.17, 15) is 101 Å². The second-order valence-electron chi connectivity index (χ2n) is 15.1. The van der Waals surface area contributed by atoms with Crippen LogP contribution in [0.5, 0.6) is 5.75 Å². The molecule has 0 bridgehead atoms. The first-order valence-electron chi connectivity index (χ1n) is 18.4.